The molecule has 0 saturated heterocycles. The number of ether oxygens (including phenoxy) is 2. The Kier molecular flexibility index (Phi) is 8.00. The van der Waals surface area contributed by atoms with Crippen LogP contribution in [0.1, 0.15) is 43.5 Å². The van der Waals surface area contributed by atoms with Crippen LogP contribution < -0.4 is 4.74 Å². The Balaban J connectivity index is 2.27. The number of hydrogen-bond donors (Lipinski definition) is 0. The van der Waals surface area contributed by atoms with E-state index in [2.05, 4.69) is 10.3 Å². The summed E-state index contributed by atoms with van der Waals surface area (Å²) in [5, 5.41) is 19.0. The minimum Gasteiger partial charge on any atom is -0.463 e. The third kappa shape index (κ3) is 5.96. The quantitative estimate of drug-likeness (QED) is 0.237. The molecule has 1 heterocycles. The summed E-state index contributed by atoms with van der Waals surface area (Å²) in [6.07, 6.45) is -2.08. The number of hydrogen-bond acceptors (Lipinski definition) is 8. The van der Waals surface area contributed by atoms with Crippen LogP contribution in [-0.2, 0) is 21.4 Å². The molecule has 0 radical (unpaired) electrons. The van der Waals surface area contributed by atoms with Gasteiger partial charge < -0.3 is 14.3 Å². The van der Waals surface area contributed by atoms with Crippen molar-refractivity contribution in [3.05, 3.63) is 45.1 Å². The molecule has 168 valence electrons. The fourth-order valence-corrected chi connectivity index (χ4v) is 2.65. The fraction of sp³-hybridized carbons (Fsp3) is 0.421. The number of nitro benzene ring substituents is 1. The van der Waals surface area contributed by atoms with Gasteiger partial charge in [0, 0.05) is 18.7 Å². The molecule has 0 aliphatic heterocycles. The largest absolute Gasteiger partial charge is 0.463 e. The normalized spacial score (nSPS) is 11.5. The number of nitro groups is 1. The SMILES string of the molecule is CCCOC(=O)CON=C(C)c1cc(Oc2nn(C)c(C(F)F)c2C)ccc1[N+](=O)[O-]. The molecule has 0 aliphatic carbocycles. The van der Waals surface area contributed by atoms with Gasteiger partial charge in [0.1, 0.15) is 11.4 Å². The molecule has 0 atom stereocenters. The van der Waals surface area contributed by atoms with Gasteiger partial charge >= 0.3 is 5.97 Å². The highest BCUT2D eigenvalue weighted by Gasteiger charge is 2.23. The summed E-state index contributed by atoms with van der Waals surface area (Å²) in [5.74, 6) is -0.549. The summed E-state index contributed by atoms with van der Waals surface area (Å²) < 4.78 is 37.7. The number of alkyl halides is 2. The maximum absolute atomic E-state index is 13.1. The second-order valence-electron chi connectivity index (χ2n) is 6.45. The van der Waals surface area contributed by atoms with Crippen LogP contribution in [0.15, 0.2) is 23.4 Å². The van der Waals surface area contributed by atoms with Crippen molar-refractivity contribution in [1.82, 2.24) is 9.78 Å². The van der Waals surface area contributed by atoms with E-state index in [1.54, 1.807) is 0 Å². The molecule has 1 aromatic carbocycles. The first kappa shape index (κ1) is 23.7. The number of oxime groups is 1. The number of carbonyl (C=O) groups is 1. The van der Waals surface area contributed by atoms with Crippen molar-refractivity contribution in [2.24, 2.45) is 12.2 Å². The molecular formula is C19H22F2N4O6. The highest BCUT2D eigenvalue weighted by atomic mass is 19.3. The summed E-state index contributed by atoms with van der Waals surface area (Å²) in [6.45, 7) is 4.52. The fourth-order valence-electron chi connectivity index (χ4n) is 2.65. The van der Waals surface area contributed by atoms with Crippen molar-refractivity contribution in [2.75, 3.05) is 13.2 Å². The van der Waals surface area contributed by atoms with Gasteiger partial charge in [-0.25, -0.2) is 13.6 Å². The minimum absolute atomic E-state index is 0.0536. The highest BCUT2D eigenvalue weighted by Crippen LogP contribution is 2.33. The van der Waals surface area contributed by atoms with E-state index in [9.17, 15) is 23.7 Å². The lowest BCUT2D eigenvalue weighted by molar-refractivity contribution is -0.385. The van der Waals surface area contributed by atoms with E-state index >= 15 is 0 Å². The Hall–Kier alpha value is -3.57. The Morgan fingerprint density at radius 2 is 2.10 bits per heavy atom. The van der Waals surface area contributed by atoms with Crippen molar-refractivity contribution < 1.29 is 32.8 Å². The first-order valence-corrected chi connectivity index (χ1v) is 9.26. The number of nitrogens with zero attached hydrogens (tertiary/aromatic N) is 4. The van der Waals surface area contributed by atoms with Crippen molar-refractivity contribution in [3.63, 3.8) is 0 Å². The van der Waals surface area contributed by atoms with E-state index in [0.29, 0.717) is 6.42 Å². The number of halogens is 2. The number of benzene rings is 1. The van der Waals surface area contributed by atoms with Gasteiger partial charge in [-0.1, -0.05) is 12.1 Å². The lowest BCUT2D eigenvalue weighted by Gasteiger charge is -2.08. The molecule has 2 aromatic rings. The minimum atomic E-state index is -2.74. The maximum atomic E-state index is 13.1. The predicted molar refractivity (Wildman–Crippen MR) is 105 cm³/mol. The molecule has 0 spiro atoms. The Morgan fingerprint density at radius 1 is 1.39 bits per heavy atom. The Morgan fingerprint density at radius 3 is 2.68 bits per heavy atom. The second kappa shape index (κ2) is 10.5. The van der Waals surface area contributed by atoms with E-state index in [1.807, 2.05) is 6.92 Å². The van der Waals surface area contributed by atoms with E-state index in [1.165, 1.54) is 39.1 Å². The molecule has 0 amide bonds. The molecule has 0 saturated carbocycles. The van der Waals surface area contributed by atoms with Gasteiger partial charge in [0.25, 0.3) is 12.1 Å². The van der Waals surface area contributed by atoms with Gasteiger partial charge in [0.05, 0.1) is 22.8 Å². The van der Waals surface area contributed by atoms with Crippen molar-refractivity contribution in [1.29, 1.82) is 0 Å². The van der Waals surface area contributed by atoms with E-state index in [4.69, 9.17) is 14.3 Å². The number of carbonyl (C=O) groups excluding carboxylic acids is 1. The smallest absolute Gasteiger partial charge is 0.347 e. The van der Waals surface area contributed by atoms with Crippen molar-refractivity contribution in [2.45, 2.75) is 33.6 Å². The Bertz CT molecular complexity index is 990. The van der Waals surface area contributed by atoms with Gasteiger partial charge in [-0.15, -0.1) is 5.10 Å². The zero-order chi connectivity index (χ0) is 23.1. The van der Waals surface area contributed by atoms with Crippen LogP contribution in [0.2, 0.25) is 0 Å². The van der Waals surface area contributed by atoms with Crippen molar-refractivity contribution in [3.8, 4) is 11.6 Å². The zero-order valence-electron chi connectivity index (χ0n) is 17.4. The molecule has 0 N–H and O–H groups in total. The predicted octanol–water partition coefficient (Wildman–Crippen LogP) is 4.06. The zero-order valence-corrected chi connectivity index (χ0v) is 17.4. The molecule has 2 rings (SSSR count). The van der Waals surface area contributed by atoms with Gasteiger partial charge in [0.2, 0.25) is 12.5 Å². The molecule has 0 fully saturated rings. The first-order valence-electron chi connectivity index (χ1n) is 9.26. The van der Waals surface area contributed by atoms with Crippen LogP contribution >= 0.6 is 0 Å². The topological polar surface area (TPSA) is 118 Å². The van der Waals surface area contributed by atoms with E-state index in [0.717, 1.165) is 4.68 Å². The van der Waals surface area contributed by atoms with Crippen LogP contribution in [0, 0.1) is 17.0 Å². The summed E-state index contributed by atoms with van der Waals surface area (Å²) in [4.78, 5) is 27.1. The van der Waals surface area contributed by atoms with Gasteiger partial charge in [-0.3, -0.25) is 14.8 Å². The third-order valence-corrected chi connectivity index (χ3v) is 4.12. The van der Waals surface area contributed by atoms with E-state index in [-0.39, 0.29) is 46.5 Å². The molecule has 31 heavy (non-hydrogen) atoms. The number of rotatable bonds is 10. The van der Waals surface area contributed by atoms with Crippen molar-refractivity contribution >= 4 is 17.4 Å². The second-order valence-corrected chi connectivity index (χ2v) is 6.45. The number of esters is 1. The number of aromatic nitrogens is 2. The molecular weight excluding hydrogens is 418 g/mol. The van der Waals surface area contributed by atoms with E-state index < -0.39 is 23.9 Å². The third-order valence-electron chi connectivity index (χ3n) is 4.12. The molecule has 0 unspecified atom stereocenters. The highest BCUT2D eigenvalue weighted by molar-refractivity contribution is 6.02. The van der Waals surface area contributed by atoms with Crippen LogP contribution in [-0.4, -0.2) is 39.6 Å². The average molecular weight is 440 g/mol. The maximum Gasteiger partial charge on any atom is 0.347 e. The summed E-state index contributed by atoms with van der Waals surface area (Å²) >= 11 is 0. The van der Waals surface area contributed by atoms with Crippen LogP contribution in [0.4, 0.5) is 14.5 Å². The van der Waals surface area contributed by atoms with Crippen LogP contribution in [0.25, 0.3) is 0 Å². The molecule has 10 nitrogen and oxygen atoms in total. The summed E-state index contributed by atoms with van der Waals surface area (Å²) in [6, 6.07) is 3.81. The average Bonchev–Trinajstić information content (AvgIpc) is 2.99. The summed E-state index contributed by atoms with van der Waals surface area (Å²) in [5.41, 5.74) is -0.259. The van der Waals surface area contributed by atoms with Gasteiger partial charge in [-0.05, 0) is 32.4 Å². The van der Waals surface area contributed by atoms with Gasteiger partial charge in [0.15, 0.2) is 0 Å². The molecule has 1 aromatic heterocycles. The number of aryl methyl sites for hydroxylation is 1. The molecule has 12 heteroatoms. The molecule has 0 aliphatic rings. The first-order chi connectivity index (χ1) is 14.6. The standard InChI is InChI=1S/C19H22F2N4O6/c1-5-8-29-16(26)10-30-23-12(3)14-9-13(6-7-15(14)25(27)28)31-19-11(2)17(18(20)21)24(4)22-19/h6-7,9,18H,5,8,10H2,1-4H3. The van der Waals surface area contributed by atoms with Crippen LogP contribution in [0.5, 0.6) is 11.6 Å². The lowest BCUT2D eigenvalue weighted by atomic mass is 10.1. The summed E-state index contributed by atoms with van der Waals surface area (Å²) in [7, 11) is 1.36. The van der Waals surface area contributed by atoms with Gasteiger partial charge in [-0.2, -0.15) is 0 Å². The Labute approximate surface area is 176 Å². The lowest BCUT2D eigenvalue weighted by Crippen LogP contribution is -2.12. The monoisotopic (exact) mass is 440 g/mol. The van der Waals surface area contributed by atoms with Crippen LogP contribution in [0.3, 0.4) is 0 Å². The molecule has 0 bridgehead atoms.